The number of aromatic nitrogens is 2. The van der Waals surface area contributed by atoms with Crippen molar-refractivity contribution >= 4 is 15.7 Å². The van der Waals surface area contributed by atoms with Crippen molar-refractivity contribution in [1.29, 1.82) is 0 Å². The summed E-state index contributed by atoms with van der Waals surface area (Å²) < 4.78 is 30.4. The van der Waals surface area contributed by atoms with E-state index >= 15 is 0 Å². The van der Waals surface area contributed by atoms with Crippen molar-refractivity contribution in [2.45, 2.75) is 63.0 Å². The van der Waals surface area contributed by atoms with E-state index < -0.39 is 14.6 Å². The maximum absolute atomic E-state index is 13.5. The van der Waals surface area contributed by atoms with Gasteiger partial charge in [-0.3, -0.25) is 4.79 Å². The lowest BCUT2D eigenvalue weighted by atomic mass is 9.87. The highest BCUT2D eigenvalue weighted by Crippen LogP contribution is 2.39. The van der Waals surface area contributed by atoms with E-state index in [-0.39, 0.29) is 30.2 Å². The van der Waals surface area contributed by atoms with Crippen molar-refractivity contribution in [3.8, 4) is 11.5 Å². The quantitative estimate of drug-likeness (QED) is 0.721. The molecule has 0 atom stereocenters. The number of nitrogens with zero attached hydrogens (tertiary/aromatic N) is 3. The van der Waals surface area contributed by atoms with Gasteiger partial charge in [0, 0.05) is 18.5 Å². The van der Waals surface area contributed by atoms with E-state index in [0.717, 1.165) is 19.3 Å². The molecule has 7 nitrogen and oxygen atoms in total. The van der Waals surface area contributed by atoms with Crippen LogP contribution in [0, 0.1) is 0 Å². The molecule has 0 radical (unpaired) electrons. The van der Waals surface area contributed by atoms with Gasteiger partial charge in [-0.15, -0.1) is 0 Å². The molecular formula is C22H29N3O4S. The Labute approximate surface area is 177 Å². The smallest absolute Gasteiger partial charge is 0.258 e. The number of hydrogen-bond acceptors (Lipinski definition) is 6. The lowest BCUT2D eigenvalue weighted by Crippen LogP contribution is -2.58. The third-order valence-corrected chi connectivity index (χ3v) is 8.88. The molecule has 1 aliphatic heterocycles. The Balaban J connectivity index is 1.65. The lowest BCUT2D eigenvalue weighted by Gasteiger charge is -2.44. The number of hydrogen-bond donors (Lipinski definition) is 0. The fourth-order valence-corrected chi connectivity index (χ4v) is 6.63. The van der Waals surface area contributed by atoms with E-state index in [1.165, 1.54) is 0 Å². The highest BCUT2D eigenvalue weighted by atomic mass is 32.2. The molecule has 1 saturated heterocycles. The van der Waals surface area contributed by atoms with Crippen molar-refractivity contribution in [2.75, 3.05) is 18.8 Å². The van der Waals surface area contributed by atoms with E-state index in [1.807, 2.05) is 26.8 Å². The molecule has 162 valence electrons. The molecule has 1 spiro atoms. The summed E-state index contributed by atoms with van der Waals surface area (Å²) in [4.78, 5) is 19.7. The SMILES string of the molecule is CC(C)(C)c1noc(-c2ccccc2C(=O)N2CCS(=O)(=O)C3(CCCCC3)C2)n1. The summed E-state index contributed by atoms with van der Waals surface area (Å²) in [6.45, 7) is 6.47. The molecular weight excluding hydrogens is 402 g/mol. The van der Waals surface area contributed by atoms with Gasteiger partial charge in [-0.1, -0.05) is 57.3 Å². The van der Waals surface area contributed by atoms with E-state index in [0.29, 0.717) is 35.7 Å². The average Bonchev–Trinajstić information content (AvgIpc) is 3.21. The first-order chi connectivity index (χ1) is 14.1. The van der Waals surface area contributed by atoms with Crippen LogP contribution in [-0.2, 0) is 15.3 Å². The molecule has 1 saturated carbocycles. The summed E-state index contributed by atoms with van der Waals surface area (Å²) in [7, 11) is -3.20. The lowest BCUT2D eigenvalue weighted by molar-refractivity contribution is 0.0723. The number of amides is 1. The van der Waals surface area contributed by atoms with Gasteiger partial charge in [0.1, 0.15) is 0 Å². The summed E-state index contributed by atoms with van der Waals surface area (Å²) in [5.74, 6) is 0.724. The summed E-state index contributed by atoms with van der Waals surface area (Å²) in [5, 5.41) is 4.07. The van der Waals surface area contributed by atoms with E-state index in [9.17, 15) is 13.2 Å². The summed E-state index contributed by atoms with van der Waals surface area (Å²) in [6, 6.07) is 7.17. The Hall–Kier alpha value is -2.22. The van der Waals surface area contributed by atoms with Crippen molar-refractivity contribution < 1.29 is 17.7 Å². The van der Waals surface area contributed by atoms with Gasteiger partial charge in [-0.05, 0) is 25.0 Å². The highest BCUT2D eigenvalue weighted by Gasteiger charge is 2.49. The van der Waals surface area contributed by atoms with Gasteiger partial charge in [0.05, 0.1) is 21.6 Å². The van der Waals surface area contributed by atoms with Crippen LogP contribution in [0.1, 0.15) is 69.1 Å². The predicted octanol–water partition coefficient (Wildman–Crippen LogP) is 3.61. The fraction of sp³-hybridized carbons (Fsp3) is 0.591. The molecule has 1 aromatic carbocycles. The first kappa shape index (κ1) is 21.0. The van der Waals surface area contributed by atoms with Gasteiger partial charge in [-0.2, -0.15) is 4.98 Å². The fourth-order valence-electron chi connectivity index (χ4n) is 4.47. The van der Waals surface area contributed by atoms with Gasteiger partial charge in [0.15, 0.2) is 15.7 Å². The van der Waals surface area contributed by atoms with Crippen LogP contribution in [0.25, 0.3) is 11.5 Å². The van der Waals surface area contributed by atoms with Crippen LogP contribution in [0.4, 0.5) is 0 Å². The summed E-state index contributed by atoms with van der Waals surface area (Å²) in [5.41, 5.74) is 0.776. The average molecular weight is 432 g/mol. The molecule has 2 fully saturated rings. The number of rotatable bonds is 2. The Bertz CT molecular complexity index is 1050. The first-order valence-corrected chi connectivity index (χ1v) is 12.2. The molecule has 8 heteroatoms. The molecule has 2 aliphatic rings. The zero-order valence-electron chi connectivity index (χ0n) is 17.8. The number of carbonyl (C=O) groups excluding carboxylic acids is 1. The van der Waals surface area contributed by atoms with Crippen LogP contribution in [0.15, 0.2) is 28.8 Å². The van der Waals surface area contributed by atoms with Gasteiger partial charge in [0.25, 0.3) is 11.8 Å². The number of carbonyl (C=O) groups is 1. The molecule has 0 unspecified atom stereocenters. The Morgan fingerprint density at radius 1 is 1.13 bits per heavy atom. The van der Waals surface area contributed by atoms with Crippen LogP contribution in [-0.4, -0.2) is 53.0 Å². The molecule has 4 rings (SSSR count). The highest BCUT2D eigenvalue weighted by molar-refractivity contribution is 7.92. The minimum atomic E-state index is -3.20. The second kappa shape index (κ2) is 7.48. The Morgan fingerprint density at radius 2 is 1.83 bits per heavy atom. The normalized spacial score (nSPS) is 21.0. The van der Waals surface area contributed by atoms with E-state index in [2.05, 4.69) is 10.1 Å². The molecule has 1 aliphatic carbocycles. The summed E-state index contributed by atoms with van der Waals surface area (Å²) >= 11 is 0. The van der Waals surface area contributed by atoms with Crippen molar-refractivity contribution in [1.82, 2.24) is 15.0 Å². The van der Waals surface area contributed by atoms with Crippen LogP contribution >= 0.6 is 0 Å². The minimum absolute atomic E-state index is 0.0234. The van der Waals surface area contributed by atoms with Gasteiger partial charge < -0.3 is 9.42 Å². The standard InChI is InChI=1S/C22H29N3O4S/c1-21(2,3)20-23-18(29-24-20)16-9-5-6-10-17(16)19(26)25-13-14-30(27,28)22(15-25)11-7-4-8-12-22/h5-6,9-10H,4,7-8,11-15H2,1-3H3. The minimum Gasteiger partial charge on any atom is -0.336 e. The van der Waals surface area contributed by atoms with Gasteiger partial charge in [0.2, 0.25) is 0 Å². The number of benzene rings is 1. The van der Waals surface area contributed by atoms with Crippen LogP contribution < -0.4 is 0 Å². The van der Waals surface area contributed by atoms with Gasteiger partial charge >= 0.3 is 0 Å². The molecule has 2 aromatic rings. The molecule has 0 N–H and O–H groups in total. The molecule has 1 aromatic heterocycles. The van der Waals surface area contributed by atoms with E-state index in [1.54, 1.807) is 23.1 Å². The maximum Gasteiger partial charge on any atom is 0.258 e. The van der Waals surface area contributed by atoms with E-state index in [4.69, 9.17) is 4.52 Å². The molecule has 2 heterocycles. The molecule has 30 heavy (non-hydrogen) atoms. The maximum atomic E-state index is 13.5. The summed E-state index contributed by atoms with van der Waals surface area (Å²) in [6.07, 6.45) is 4.13. The van der Waals surface area contributed by atoms with Crippen LogP contribution in [0.2, 0.25) is 0 Å². The topological polar surface area (TPSA) is 93.4 Å². The Kier molecular flexibility index (Phi) is 5.24. The largest absolute Gasteiger partial charge is 0.336 e. The molecule has 1 amide bonds. The third-order valence-electron chi connectivity index (χ3n) is 6.31. The van der Waals surface area contributed by atoms with Crippen molar-refractivity contribution in [2.24, 2.45) is 0 Å². The zero-order chi connectivity index (χ0) is 21.6. The van der Waals surface area contributed by atoms with Crippen LogP contribution in [0.3, 0.4) is 0 Å². The zero-order valence-corrected chi connectivity index (χ0v) is 18.7. The second-order valence-electron chi connectivity index (χ2n) is 9.51. The monoisotopic (exact) mass is 431 g/mol. The first-order valence-electron chi connectivity index (χ1n) is 10.6. The van der Waals surface area contributed by atoms with Crippen molar-refractivity contribution in [3.63, 3.8) is 0 Å². The number of sulfone groups is 1. The Morgan fingerprint density at radius 3 is 2.50 bits per heavy atom. The predicted molar refractivity (Wildman–Crippen MR) is 114 cm³/mol. The third kappa shape index (κ3) is 3.66. The van der Waals surface area contributed by atoms with Gasteiger partial charge in [-0.25, -0.2) is 8.42 Å². The second-order valence-corrected chi connectivity index (χ2v) is 12.0. The van der Waals surface area contributed by atoms with Crippen molar-refractivity contribution in [3.05, 3.63) is 35.7 Å². The molecule has 0 bridgehead atoms. The van der Waals surface area contributed by atoms with Crippen LogP contribution in [0.5, 0.6) is 0 Å².